The van der Waals surface area contributed by atoms with Crippen LogP contribution in [-0.2, 0) is 11.2 Å². The predicted octanol–water partition coefficient (Wildman–Crippen LogP) is 1.86. The number of aryl methyl sites for hydroxylation is 1. The average molecular weight is 239 g/mol. The first kappa shape index (κ1) is 5.58. The third-order valence-electron chi connectivity index (χ3n) is 2.26. The van der Waals surface area contributed by atoms with Crippen molar-refractivity contribution in [2.24, 2.45) is 0 Å². The number of benzene rings is 1. The fraction of sp³-hybridized carbons (Fsp3) is 0.308. The first-order valence-corrected chi connectivity index (χ1v) is 4.88. The molecule has 0 aliphatic carbocycles. The van der Waals surface area contributed by atoms with Gasteiger partial charge in [0.25, 0.3) is 0 Å². The zero-order chi connectivity index (χ0) is 18.3. The van der Waals surface area contributed by atoms with E-state index in [2.05, 4.69) is 4.98 Å². The van der Waals surface area contributed by atoms with Crippen LogP contribution in [0, 0.1) is 0 Å². The Bertz CT molecular complexity index is 767. The standard InChI is InChI=1S/C13H16N2O2/c1-9(16)14-6-5-10-8-15-13-4-3-11(17-2)7-12(10)13/h3-4,7-8,15H,5-6H2,1-2H3,(H,14,16)/i1D3,5D2,6D2. The van der Waals surface area contributed by atoms with Crippen LogP contribution in [-0.4, -0.2) is 24.5 Å². The van der Waals surface area contributed by atoms with Gasteiger partial charge in [-0.15, -0.1) is 0 Å². The Kier molecular flexibility index (Phi) is 1.61. The molecule has 1 aromatic heterocycles. The maximum Gasteiger partial charge on any atom is 0.216 e. The number of hydrogen-bond acceptors (Lipinski definition) is 2. The summed E-state index contributed by atoms with van der Waals surface area (Å²) in [6.07, 6.45) is -1.41. The number of H-pyrrole nitrogens is 1. The lowest BCUT2D eigenvalue weighted by Gasteiger charge is -2.03. The lowest BCUT2D eigenvalue weighted by Crippen LogP contribution is -2.22. The Morgan fingerprint density at radius 2 is 2.53 bits per heavy atom. The van der Waals surface area contributed by atoms with Gasteiger partial charge in [-0.05, 0) is 30.1 Å². The maximum absolute atomic E-state index is 11.6. The number of hydrogen-bond donors (Lipinski definition) is 2. The second-order valence-electron chi connectivity index (χ2n) is 3.32. The highest BCUT2D eigenvalue weighted by Crippen LogP contribution is 2.23. The van der Waals surface area contributed by atoms with Gasteiger partial charge in [-0.1, -0.05) is 0 Å². The molecule has 1 amide bonds. The molecule has 2 rings (SSSR count). The van der Waals surface area contributed by atoms with E-state index in [-0.39, 0.29) is 5.56 Å². The Hall–Kier alpha value is -1.97. The minimum atomic E-state index is -3.08. The van der Waals surface area contributed by atoms with Crippen LogP contribution in [0.25, 0.3) is 10.9 Å². The van der Waals surface area contributed by atoms with Crippen molar-refractivity contribution >= 4 is 16.8 Å². The van der Waals surface area contributed by atoms with Crippen molar-refractivity contribution in [2.75, 3.05) is 13.6 Å². The van der Waals surface area contributed by atoms with E-state index >= 15 is 0 Å². The zero-order valence-corrected chi connectivity index (χ0v) is 9.13. The van der Waals surface area contributed by atoms with Gasteiger partial charge in [0.2, 0.25) is 5.91 Å². The molecular formula is C13H16N2O2. The molecule has 4 nitrogen and oxygen atoms in total. The third kappa shape index (κ3) is 2.58. The molecule has 1 aromatic carbocycles. The molecule has 2 N–H and O–H groups in total. The van der Waals surface area contributed by atoms with E-state index in [1.807, 2.05) is 0 Å². The van der Waals surface area contributed by atoms with E-state index in [0.29, 0.717) is 16.7 Å². The second-order valence-corrected chi connectivity index (χ2v) is 3.32. The Morgan fingerprint density at radius 3 is 3.29 bits per heavy atom. The summed E-state index contributed by atoms with van der Waals surface area (Å²) in [5, 5.41) is 2.00. The number of amides is 1. The van der Waals surface area contributed by atoms with E-state index < -0.39 is 25.6 Å². The second kappa shape index (κ2) is 4.91. The van der Waals surface area contributed by atoms with Crippen LogP contribution in [0.15, 0.2) is 24.4 Å². The number of aromatic nitrogens is 1. The Labute approximate surface area is 110 Å². The molecule has 0 aliphatic rings. The third-order valence-corrected chi connectivity index (χ3v) is 2.26. The van der Waals surface area contributed by atoms with Crippen LogP contribution in [0.2, 0.25) is 0 Å². The highest BCUT2D eigenvalue weighted by atomic mass is 16.5. The van der Waals surface area contributed by atoms with Crippen LogP contribution in [0.1, 0.15) is 22.0 Å². The molecule has 0 saturated heterocycles. The maximum atomic E-state index is 11.6. The van der Waals surface area contributed by atoms with Gasteiger partial charge < -0.3 is 15.0 Å². The van der Waals surface area contributed by atoms with Crippen LogP contribution >= 0.6 is 0 Å². The smallest absolute Gasteiger partial charge is 0.216 e. The summed E-state index contributed by atoms with van der Waals surface area (Å²) in [6.45, 7) is -6.02. The van der Waals surface area contributed by atoms with Crippen molar-refractivity contribution in [3.05, 3.63) is 30.0 Å². The lowest BCUT2D eigenvalue weighted by atomic mass is 10.1. The van der Waals surface area contributed by atoms with E-state index in [0.717, 1.165) is 0 Å². The molecule has 90 valence electrons. The van der Waals surface area contributed by atoms with Gasteiger partial charge in [0.05, 0.1) is 7.11 Å². The molecule has 0 atom stereocenters. The molecule has 0 saturated carbocycles. The minimum Gasteiger partial charge on any atom is -0.497 e. The largest absolute Gasteiger partial charge is 0.497 e. The number of rotatable bonds is 4. The fourth-order valence-corrected chi connectivity index (χ4v) is 1.49. The van der Waals surface area contributed by atoms with Crippen LogP contribution in [0.3, 0.4) is 0 Å². The summed E-state index contributed by atoms with van der Waals surface area (Å²) in [5.41, 5.74) is 0.486. The van der Waals surface area contributed by atoms with Crippen molar-refractivity contribution in [1.82, 2.24) is 10.3 Å². The first-order valence-electron chi connectivity index (χ1n) is 8.38. The molecule has 0 aliphatic heterocycles. The highest BCUT2D eigenvalue weighted by molar-refractivity contribution is 5.84. The van der Waals surface area contributed by atoms with Gasteiger partial charge in [-0.2, -0.15) is 0 Å². The zero-order valence-electron chi connectivity index (χ0n) is 16.1. The molecule has 17 heavy (non-hydrogen) atoms. The van der Waals surface area contributed by atoms with Crippen molar-refractivity contribution in [3.63, 3.8) is 0 Å². The number of fused-ring (bicyclic) bond motifs is 1. The van der Waals surface area contributed by atoms with E-state index in [4.69, 9.17) is 14.3 Å². The summed E-state index contributed by atoms with van der Waals surface area (Å²) < 4.78 is 58.0. The molecule has 0 bridgehead atoms. The topological polar surface area (TPSA) is 54.1 Å². The van der Waals surface area contributed by atoms with Crippen LogP contribution < -0.4 is 10.1 Å². The van der Waals surface area contributed by atoms with E-state index in [9.17, 15) is 4.79 Å². The van der Waals surface area contributed by atoms with Crippen LogP contribution in [0.5, 0.6) is 5.75 Å². The number of carbonyl (C=O) groups is 1. The monoisotopic (exact) mass is 239 g/mol. The number of methoxy groups -OCH3 is 1. The quantitative estimate of drug-likeness (QED) is 0.855. The average Bonchev–Trinajstić information content (AvgIpc) is 2.88. The van der Waals surface area contributed by atoms with Gasteiger partial charge in [0.15, 0.2) is 0 Å². The fourth-order valence-electron chi connectivity index (χ4n) is 1.49. The molecule has 0 fully saturated rings. The van der Waals surface area contributed by atoms with E-state index in [1.165, 1.54) is 19.4 Å². The number of aromatic amines is 1. The van der Waals surface area contributed by atoms with Crippen molar-refractivity contribution in [1.29, 1.82) is 0 Å². The van der Waals surface area contributed by atoms with E-state index in [1.54, 1.807) is 17.4 Å². The molecule has 2 aromatic rings. The van der Waals surface area contributed by atoms with Gasteiger partial charge in [-0.3, -0.25) is 4.79 Å². The van der Waals surface area contributed by atoms with Crippen molar-refractivity contribution in [3.8, 4) is 5.75 Å². The van der Waals surface area contributed by atoms with Gasteiger partial charge in [0.1, 0.15) is 5.75 Å². The van der Waals surface area contributed by atoms with Gasteiger partial charge >= 0.3 is 0 Å². The molecule has 4 heteroatoms. The Balaban J connectivity index is 2.47. The van der Waals surface area contributed by atoms with Gasteiger partial charge in [-0.25, -0.2) is 0 Å². The summed E-state index contributed by atoms with van der Waals surface area (Å²) in [5.74, 6) is -1.11. The SMILES string of the molecule is [2H]C([2H])([2H])C(=O)NC([2H])([2H])C([2H])([2H])c1c[nH]c2ccc(OC)cc12. The Morgan fingerprint density at radius 1 is 1.65 bits per heavy atom. The number of carbonyl (C=O) groups excluding carboxylic acids is 1. The molecule has 0 radical (unpaired) electrons. The minimum absolute atomic E-state index is 0.0627. The summed E-state index contributed by atoms with van der Waals surface area (Å²) in [4.78, 5) is 14.4. The molecule has 0 unspecified atom stereocenters. The van der Waals surface area contributed by atoms with Crippen LogP contribution in [0.4, 0.5) is 0 Å². The summed E-state index contributed by atoms with van der Waals surface area (Å²) in [7, 11) is 1.44. The highest BCUT2D eigenvalue weighted by Gasteiger charge is 2.05. The first-order chi connectivity index (χ1) is 10.9. The lowest BCUT2D eigenvalue weighted by molar-refractivity contribution is -0.118. The summed E-state index contributed by atoms with van der Waals surface area (Å²) >= 11 is 0. The molecule has 1 heterocycles. The number of ether oxygens (including phenoxy) is 1. The summed E-state index contributed by atoms with van der Waals surface area (Å²) in [6, 6.07) is 4.83. The molecular weight excluding hydrogens is 216 g/mol. The number of nitrogens with one attached hydrogen (secondary N) is 2. The van der Waals surface area contributed by atoms with Crippen molar-refractivity contribution in [2.45, 2.75) is 13.2 Å². The van der Waals surface area contributed by atoms with Gasteiger partial charge in [0, 0.05) is 40.0 Å². The predicted molar refractivity (Wildman–Crippen MR) is 67.2 cm³/mol. The molecule has 0 spiro atoms. The normalized spacial score (nSPS) is 19.0. The van der Waals surface area contributed by atoms with Crippen molar-refractivity contribution < 1.29 is 19.1 Å².